The van der Waals surface area contributed by atoms with E-state index in [1.807, 2.05) is 50.2 Å². The number of carbonyl (C=O) groups excluding carboxylic acids is 1. The second kappa shape index (κ2) is 8.43. The highest BCUT2D eigenvalue weighted by atomic mass is 32.2. The number of nitrogens with zero attached hydrogens (tertiary/aromatic N) is 2. The van der Waals surface area contributed by atoms with Crippen LogP contribution < -0.4 is 9.04 Å². The van der Waals surface area contributed by atoms with Crippen molar-refractivity contribution in [3.63, 3.8) is 0 Å². The van der Waals surface area contributed by atoms with E-state index in [1.165, 1.54) is 9.21 Å². The molecule has 0 N–H and O–H groups in total. The fourth-order valence-corrected chi connectivity index (χ4v) is 3.60. The number of amides is 1. The highest BCUT2D eigenvalue weighted by Crippen LogP contribution is 2.24. The fraction of sp³-hybridized carbons (Fsp3) is 0.350. The summed E-state index contributed by atoms with van der Waals surface area (Å²) in [7, 11) is -0.341. The number of ether oxygens (including phenoxy) is 1. The van der Waals surface area contributed by atoms with Crippen LogP contribution in [0.25, 0.3) is 0 Å². The molecule has 2 aromatic rings. The Labute approximate surface area is 161 Å². The first-order valence-corrected chi connectivity index (χ1v) is 10.4. The van der Waals surface area contributed by atoms with Crippen LogP contribution in [0, 0.1) is 13.8 Å². The molecular weight excluding hydrogens is 364 g/mol. The predicted octanol–water partition coefficient (Wildman–Crippen LogP) is 2.74. The topological polar surface area (TPSA) is 66.9 Å². The lowest BCUT2D eigenvalue weighted by Crippen LogP contribution is -2.41. The van der Waals surface area contributed by atoms with Crippen LogP contribution in [0.1, 0.15) is 16.7 Å². The lowest BCUT2D eigenvalue weighted by molar-refractivity contribution is -0.128. The van der Waals surface area contributed by atoms with Crippen LogP contribution in [-0.2, 0) is 21.4 Å². The van der Waals surface area contributed by atoms with Gasteiger partial charge in [0.25, 0.3) is 0 Å². The van der Waals surface area contributed by atoms with Gasteiger partial charge in [-0.15, -0.1) is 0 Å². The van der Waals surface area contributed by atoms with Crippen LogP contribution in [0.4, 0.5) is 5.69 Å². The van der Waals surface area contributed by atoms with Gasteiger partial charge in [-0.25, -0.2) is 8.42 Å². The number of likely N-dealkylation sites (N-methyl/N-ethyl adjacent to an activating group) is 1. The van der Waals surface area contributed by atoms with Gasteiger partial charge in [0.1, 0.15) is 12.3 Å². The van der Waals surface area contributed by atoms with Crippen molar-refractivity contribution in [1.29, 1.82) is 0 Å². The summed E-state index contributed by atoms with van der Waals surface area (Å²) in [6, 6.07) is 13.0. The van der Waals surface area contributed by atoms with Gasteiger partial charge < -0.3 is 9.64 Å². The molecule has 2 rings (SSSR count). The quantitative estimate of drug-likeness (QED) is 0.729. The molecule has 0 spiro atoms. The summed E-state index contributed by atoms with van der Waals surface area (Å²) in [4.78, 5) is 14.2. The van der Waals surface area contributed by atoms with E-state index in [0.717, 1.165) is 28.7 Å². The molecule has 0 radical (unpaired) electrons. The van der Waals surface area contributed by atoms with Gasteiger partial charge in [-0.1, -0.05) is 24.3 Å². The third-order valence-corrected chi connectivity index (χ3v) is 5.44. The van der Waals surface area contributed by atoms with Gasteiger partial charge in [0, 0.05) is 13.6 Å². The number of carbonyl (C=O) groups is 1. The lowest BCUT2D eigenvalue weighted by Gasteiger charge is -2.26. The number of aryl methyl sites for hydroxylation is 2. The minimum Gasteiger partial charge on any atom is -0.497 e. The first-order chi connectivity index (χ1) is 12.6. The summed E-state index contributed by atoms with van der Waals surface area (Å²) in [6.45, 7) is 3.86. The molecule has 0 aliphatic rings. The van der Waals surface area contributed by atoms with Crippen LogP contribution in [0.2, 0.25) is 0 Å². The van der Waals surface area contributed by atoms with Crippen molar-refractivity contribution in [2.75, 3.05) is 31.3 Å². The van der Waals surface area contributed by atoms with Gasteiger partial charge in [0.2, 0.25) is 15.9 Å². The van der Waals surface area contributed by atoms with E-state index in [9.17, 15) is 13.2 Å². The van der Waals surface area contributed by atoms with Crippen molar-refractivity contribution in [2.24, 2.45) is 0 Å². The van der Waals surface area contributed by atoms with E-state index < -0.39 is 10.0 Å². The molecule has 146 valence electrons. The van der Waals surface area contributed by atoms with Gasteiger partial charge in [0.15, 0.2) is 0 Å². The number of hydrogen-bond acceptors (Lipinski definition) is 4. The van der Waals surface area contributed by atoms with Crippen molar-refractivity contribution in [1.82, 2.24) is 4.90 Å². The number of sulfonamides is 1. The monoisotopic (exact) mass is 390 g/mol. The highest BCUT2D eigenvalue weighted by molar-refractivity contribution is 7.92. The van der Waals surface area contributed by atoms with Gasteiger partial charge >= 0.3 is 0 Å². The number of anilines is 1. The Bertz CT molecular complexity index is 908. The number of methoxy groups -OCH3 is 1. The minimum atomic E-state index is -3.60. The summed E-state index contributed by atoms with van der Waals surface area (Å²) >= 11 is 0. The van der Waals surface area contributed by atoms with E-state index in [2.05, 4.69) is 0 Å². The van der Waals surface area contributed by atoms with Crippen LogP contribution in [0.3, 0.4) is 0 Å². The Morgan fingerprint density at radius 2 is 1.70 bits per heavy atom. The van der Waals surface area contributed by atoms with Crippen molar-refractivity contribution in [3.05, 3.63) is 59.2 Å². The maximum absolute atomic E-state index is 12.7. The summed E-state index contributed by atoms with van der Waals surface area (Å²) in [6.07, 6.45) is 1.12. The third kappa shape index (κ3) is 5.47. The first-order valence-electron chi connectivity index (χ1n) is 8.53. The molecule has 0 saturated heterocycles. The smallest absolute Gasteiger partial charge is 0.243 e. The molecule has 27 heavy (non-hydrogen) atoms. The second-order valence-electron chi connectivity index (χ2n) is 6.66. The van der Waals surface area contributed by atoms with Crippen LogP contribution in [-0.4, -0.2) is 46.2 Å². The van der Waals surface area contributed by atoms with Crippen molar-refractivity contribution in [2.45, 2.75) is 20.4 Å². The molecule has 7 heteroatoms. The predicted molar refractivity (Wildman–Crippen MR) is 108 cm³/mol. The molecule has 0 aliphatic heterocycles. The van der Waals surface area contributed by atoms with Crippen molar-refractivity contribution in [3.8, 4) is 5.75 Å². The molecular formula is C20H26N2O4S. The zero-order chi connectivity index (χ0) is 20.2. The van der Waals surface area contributed by atoms with Crippen LogP contribution in [0.5, 0.6) is 5.75 Å². The fourth-order valence-electron chi connectivity index (χ4n) is 2.71. The lowest BCUT2D eigenvalue weighted by atomic mass is 10.1. The molecule has 0 saturated carbocycles. The number of benzene rings is 2. The molecule has 0 fully saturated rings. The van der Waals surface area contributed by atoms with E-state index in [1.54, 1.807) is 20.2 Å². The minimum absolute atomic E-state index is 0.240. The summed E-state index contributed by atoms with van der Waals surface area (Å²) < 4.78 is 30.9. The Morgan fingerprint density at radius 1 is 1.07 bits per heavy atom. The summed E-state index contributed by atoms with van der Waals surface area (Å²) in [5, 5.41) is 0. The van der Waals surface area contributed by atoms with Gasteiger partial charge in [-0.3, -0.25) is 9.10 Å². The Morgan fingerprint density at radius 3 is 2.26 bits per heavy atom. The van der Waals surface area contributed by atoms with Gasteiger partial charge in [-0.2, -0.15) is 0 Å². The molecule has 0 aliphatic carbocycles. The molecule has 2 aromatic carbocycles. The van der Waals surface area contributed by atoms with Crippen LogP contribution in [0.15, 0.2) is 42.5 Å². The SMILES string of the molecule is COc1ccc(CN(C)C(=O)CN(c2cc(C)ccc2C)S(C)(=O)=O)cc1. The van der Waals surface area contributed by atoms with Crippen molar-refractivity contribution < 1.29 is 17.9 Å². The maximum Gasteiger partial charge on any atom is 0.243 e. The molecule has 0 heterocycles. The van der Waals surface area contributed by atoms with Gasteiger partial charge in [-0.05, 0) is 48.7 Å². The second-order valence-corrected chi connectivity index (χ2v) is 8.56. The molecule has 0 bridgehead atoms. The zero-order valence-electron chi connectivity index (χ0n) is 16.4. The van der Waals surface area contributed by atoms with E-state index in [4.69, 9.17) is 4.74 Å². The molecule has 6 nitrogen and oxygen atoms in total. The summed E-state index contributed by atoms with van der Waals surface area (Å²) in [5.74, 6) is 0.461. The van der Waals surface area contributed by atoms with E-state index in [-0.39, 0.29) is 12.5 Å². The Kier molecular flexibility index (Phi) is 6.49. The Balaban J connectivity index is 2.19. The molecule has 1 amide bonds. The summed E-state index contributed by atoms with van der Waals surface area (Å²) in [5.41, 5.74) is 3.20. The van der Waals surface area contributed by atoms with E-state index in [0.29, 0.717) is 12.2 Å². The number of hydrogen-bond donors (Lipinski definition) is 0. The van der Waals surface area contributed by atoms with E-state index >= 15 is 0 Å². The Hall–Kier alpha value is -2.54. The maximum atomic E-state index is 12.7. The van der Waals surface area contributed by atoms with Gasteiger partial charge in [0.05, 0.1) is 19.1 Å². The van der Waals surface area contributed by atoms with Crippen molar-refractivity contribution >= 4 is 21.6 Å². The highest BCUT2D eigenvalue weighted by Gasteiger charge is 2.24. The zero-order valence-corrected chi connectivity index (χ0v) is 17.2. The standard InChI is InChI=1S/C20H26N2O4S/c1-15-6-7-16(2)19(12-15)22(27(5,24)25)14-20(23)21(3)13-17-8-10-18(26-4)11-9-17/h6-12H,13-14H2,1-5H3. The normalized spacial score (nSPS) is 11.1. The first kappa shape index (κ1) is 20.8. The largest absolute Gasteiger partial charge is 0.497 e. The molecule has 0 unspecified atom stereocenters. The number of rotatable bonds is 7. The third-order valence-electron chi connectivity index (χ3n) is 4.32. The average Bonchev–Trinajstić information content (AvgIpc) is 2.61. The average molecular weight is 391 g/mol. The molecule has 0 atom stereocenters. The van der Waals surface area contributed by atoms with Crippen LogP contribution >= 0.6 is 0 Å². The molecule has 0 aromatic heterocycles.